The SMILES string of the molecule is CCCCCCCCC=CCCCCCCCC(=O)OC(CC)(OC(=O)CCCCCCCC=CCCCCCCCC)[N+](CC)(CC)CC. The summed E-state index contributed by atoms with van der Waals surface area (Å²) < 4.78 is 12.9. The first-order valence-electron chi connectivity index (χ1n) is 22.0. The highest BCUT2D eigenvalue weighted by molar-refractivity contribution is 5.71. The van der Waals surface area contributed by atoms with Crippen molar-refractivity contribution >= 4 is 11.9 Å². The third kappa shape index (κ3) is 23.8. The summed E-state index contributed by atoms with van der Waals surface area (Å²) in [6.07, 6.45) is 42.5. The van der Waals surface area contributed by atoms with Crippen LogP contribution in [0.15, 0.2) is 24.3 Å². The molecule has 0 N–H and O–H groups in total. The van der Waals surface area contributed by atoms with Crippen molar-refractivity contribution in [2.24, 2.45) is 0 Å². The van der Waals surface area contributed by atoms with Crippen LogP contribution in [0.1, 0.15) is 228 Å². The molecule has 0 fully saturated rings. The molecule has 0 atom stereocenters. The van der Waals surface area contributed by atoms with E-state index in [0.717, 1.165) is 71.0 Å². The summed E-state index contributed by atoms with van der Waals surface area (Å²) in [4.78, 5) is 26.4. The molecule has 0 aromatic rings. The van der Waals surface area contributed by atoms with Crippen molar-refractivity contribution in [3.63, 3.8) is 0 Å². The van der Waals surface area contributed by atoms with Gasteiger partial charge in [0.1, 0.15) is 0 Å². The predicted molar refractivity (Wildman–Crippen MR) is 216 cm³/mol. The van der Waals surface area contributed by atoms with Gasteiger partial charge in [-0.1, -0.05) is 148 Å². The molecule has 0 bridgehead atoms. The van der Waals surface area contributed by atoms with Gasteiger partial charge in [-0.15, -0.1) is 0 Å². The van der Waals surface area contributed by atoms with E-state index in [2.05, 4.69) is 58.9 Å². The molecular weight excluding hydrogens is 618 g/mol. The first-order valence-corrected chi connectivity index (χ1v) is 22.0. The Bertz CT molecular complexity index is 769. The smallest absolute Gasteiger partial charge is 0.374 e. The number of ether oxygens (including phenoxy) is 2. The fourth-order valence-electron chi connectivity index (χ4n) is 7.23. The van der Waals surface area contributed by atoms with Gasteiger partial charge in [0.15, 0.2) is 0 Å². The van der Waals surface area contributed by atoms with Gasteiger partial charge in [0.05, 0.1) is 26.1 Å². The monoisotopic (exact) mass is 705 g/mol. The van der Waals surface area contributed by atoms with E-state index >= 15 is 0 Å². The van der Waals surface area contributed by atoms with Gasteiger partial charge >= 0.3 is 17.8 Å². The molecular formula is C45H86NO4+. The Morgan fingerprint density at radius 2 is 0.700 bits per heavy atom. The van der Waals surface area contributed by atoms with Gasteiger partial charge in [0.2, 0.25) is 0 Å². The highest BCUT2D eigenvalue weighted by Crippen LogP contribution is 2.33. The summed E-state index contributed by atoms with van der Waals surface area (Å²) in [7, 11) is 0. The Morgan fingerprint density at radius 3 is 0.980 bits per heavy atom. The van der Waals surface area contributed by atoms with Gasteiger partial charge in [-0.05, 0) is 85.0 Å². The van der Waals surface area contributed by atoms with Crippen molar-refractivity contribution in [3.05, 3.63) is 24.3 Å². The number of esters is 2. The lowest BCUT2D eigenvalue weighted by atomic mass is 10.1. The van der Waals surface area contributed by atoms with Gasteiger partial charge in [0, 0.05) is 12.8 Å². The number of quaternary nitrogens is 1. The number of rotatable bonds is 37. The van der Waals surface area contributed by atoms with Crippen molar-refractivity contribution in [1.29, 1.82) is 0 Å². The molecule has 50 heavy (non-hydrogen) atoms. The van der Waals surface area contributed by atoms with E-state index in [-0.39, 0.29) is 11.9 Å². The van der Waals surface area contributed by atoms with Crippen LogP contribution in [0.5, 0.6) is 0 Å². The van der Waals surface area contributed by atoms with Crippen LogP contribution in [0.3, 0.4) is 0 Å². The number of carbonyl (C=O) groups excluding carboxylic acids is 2. The Balaban J connectivity index is 4.46. The maximum absolute atomic E-state index is 13.2. The van der Waals surface area contributed by atoms with Gasteiger partial charge in [0.25, 0.3) is 0 Å². The molecule has 0 aliphatic carbocycles. The second-order valence-electron chi connectivity index (χ2n) is 14.8. The molecule has 294 valence electrons. The highest BCUT2D eigenvalue weighted by atomic mass is 16.8. The zero-order chi connectivity index (χ0) is 37.0. The van der Waals surface area contributed by atoms with Crippen LogP contribution in [0.25, 0.3) is 0 Å². The molecule has 0 aliphatic rings. The second-order valence-corrected chi connectivity index (χ2v) is 14.8. The van der Waals surface area contributed by atoms with Crippen LogP contribution in [0.4, 0.5) is 0 Å². The van der Waals surface area contributed by atoms with E-state index in [0.29, 0.717) is 23.7 Å². The lowest BCUT2D eigenvalue weighted by Crippen LogP contribution is -2.67. The third-order valence-corrected chi connectivity index (χ3v) is 10.8. The molecule has 5 nitrogen and oxygen atoms in total. The van der Waals surface area contributed by atoms with E-state index in [1.165, 1.54) is 116 Å². The number of unbranched alkanes of at least 4 members (excludes halogenated alkanes) is 22. The molecule has 0 saturated heterocycles. The average molecular weight is 705 g/mol. The number of allylic oxidation sites excluding steroid dienone is 4. The maximum atomic E-state index is 13.2. The lowest BCUT2D eigenvalue weighted by molar-refractivity contribution is -1.02. The molecule has 0 aromatic carbocycles. The largest absolute Gasteiger partial charge is 0.407 e. The molecule has 0 heterocycles. The standard InChI is InChI=1S/C45H86NO4/c1-7-13-15-17-19-21-23-25-27-29-31-33-35-37-39-41-43(47)49-45(9-3,46(10-4,11-5)12-6)50-44(48)42-40-38-36-34-32-30-28-26-24-22-20-18-16-14-8-2/h25-28H,7-24,29-42H2,1-6H3/q+1. The van der Waals surface area contributed by atoms with Gasteiger partial charge < -0.3 is 9.47 Å². The maximum Gasteiger partial charge on any atom is 0.407 e. The van der Waals surface area contributed by atoms with E-state index in [1.54, 1.807) is 0 Å². The number of hydrogen-bond acceptors (Lipinski definition) is 4. The second kappa shape index (κ2) is 34.5. The zero-order valence-electron chi connectivity index (χ0n) is 34.5. The van der Waals surface area contributed by atoms with Crippen LogP contribution in [0.2, 0.25) is 0 Å². The normalized spacial score (nSPS) is 13.3. The minimum Gasteiger partial charge on any atom is -0.374 e. The van der Waals surface area contributed by atoms with Crippen LogP contribution < -0.4 is 0 Å². The quantitative estimate of drug-likeness (QED) is 0.0212. The Labute approximate surface area is 312 Å². The first-order chi connectivity index (χ1) is 24.4. The Kier molecular flexibility index (Phi) is 33.3. The van der Waals surface area contributed by atoms with Gasteiger partial charge in [-0.2, -0.15) is 0 Å². The van der Waals surface area contributed by atoms with E-state index in [9.17, 15) is 9.59 Å². The Morgan fingerprint density at radius 1 is 0.420 bits per heavy atom. The first kappa shape index (κ1) is 48.4. The molecule has 0 radical (unpaired) electrons. The molecule has 0 rings (SSSR count). The zero-order valence-corrected chi connectivity index (χ0v) is 34.5. The fraction of sp³-hybridized carbons (Fsp3) is 0.867. The molecule has 0 aromatic heterocycles. The molecule has 0 amide bonds. The summed E-state index contributed by atoms with van der Waals surface area (Å²) in [5.74, 6) is -1.73. The van der Waals surface area contributed by atoms with Crippen molar-refractivity contribution < 1.29 is 23.5 Å². The third-order valence-electron chi connectivity index (χ3n) is 10.8. The van der Waals surface area contributed by atoms with Crippen LogP contribution in [-0.2, 0) is 19.1 Å². The van der Waals surface area contributed by atoms with Crippen molar-refractivity contribution in [2.45, 2.75) is 234 Å². The molecule has 0 spiro atoms. The summed E-state index contributed by atoms with van der Waals surface area (Å²) >= 11 is 0. The highest BCUT2D eigenvalue weighted by Gasteiger charge is 2.54. The van der Waals surface area contributed by atoms with Crippen LogP contribution in [0, 0.1) is 0 Å². The van der Waals surface area contributed by atoms with Gasteiger partial charge in [-0.25, -0.2) is 4.48 Å². The predicted octanol–water partition coefficient (Wildman–Crippen LogP) is 14.1. The van der Waals surface area contributed by atoms with E-state index in [1.807, 2.05) is 6.92 Å². The Hall–Kier alpha value is -1.62. The fourth-order valence-corrected chi connectivity index (χ4v) is 7.23. The van der Waals surface area contributed by atoms with Crippen molar-refractivity contribution in [3.8, 4) is 0 Å². The summed E-state index contributed by atoms with van der Waals surface area (Å²) in [6, 6.07) is 0. The summed E-state index contributed by atoms with van der Waals surface area (Å²) in [6.45, 7) is 15.0. The lowest BCUT2D eigenvalue weighted by Gasteiger charge is -2.48. The van der Waals surface area contributed by atoms with Crippen LogP contribution in [-0.4, -0.2) is 42.0 Å². The van der Waals surface area contributed by atoms with Gasteiger partial charge in [-0.3, -0.25) is 9.59 Å². The number of nitrogens with zero attached hydrogens (tertiary/aromatic N) is 1. The average Bonchev–Trinajstić information content (AvgIpc) is 3.12. The number of carbonyl (C=O) groups is 2. The molecule has 0 aliphatic heterocycles. The molecule has 5 heteroatoms. The van der Waals surface area contributed by atoms with Crippen molar-refractivity contribution in [1.82, 2.24) is 0 Å². The van der Waals surface area contributed by atoms with Crippen LogP contribution >= 0.6 is 0 Å². The molecule has 0 unspecified atom stereocenters. The van der Waals surface area contributed by atoms with E-state index < -0.39 is 5.91 Å². The number of hydrogen-bond donors (Lipinski definition) is 0. The van der Waals surface area contributed by atoms with Crippen molar-refractivity contribution in [2.75, 3.05) is 19.6 Å². The summed E-state index contributed by atoms with van der Waals surface area (Å²) in [5.41, 5.74) is 0. The summed E-state index contributed by atoms with van der Waals surface area (Å²) in [5, 5.41) is 0. The minimum atomic E-state index is -1.25. The minimum absolute atomic E-state index is 0.240. The topological polar surface area (TPSA) is 52.6 Å². The molecule has 0 saturated carbocycles. The van der Waals surface area contributed by atoms with E-state index in [4.69, 9.17) is 9.47 Å².